The van der Waals surface area contributed by atoms with E-state index in [1.807, 2.05) is 18.2 Å². The number of benzene rings is 1. The van der Waals surface area contributed by atoms with Gasteiger partial charge in [0.1, 0.15) is 5.75 Å². The Morgan fingerprint density at radius 3 is 2.53 bits per heavy atom. The van der Waals surface area contributed by atoms with E-state index in [2.05, 4.69) is 6.07 Å². The van der Waals surface area contributed by atoms with Gasteiger partial charge in [-0.2, -0.15) is 0 Å². The molecule has 94 valence electrons. The predicted octanol–water partition coefficient (Wildman–Crippen LogP) is 3.29. The topological polar surface area (TPSA) is 55.5 Å². The van der Waals surface area contributed by atoms with Crippen LogP contribution in [0.3, 0.4) is 0 Å². The third-order valence-electron chi connectivity index (χ3n) is 3.19. The van der Waals surface area contributed by atoms with Crippen LogP contribution in [0.1, 0.15) is 43.6 Å². The molecular formula is C12H18NO2PS. The summed E-state index contributed by atoms with van der Waals surface area (Å²) in [4.78, 5) is 9.48. The average Bonchev–Trinajstić information content (AvgIpc) is 2.29. The summed E-state index contributed by atoms with van der Waals surface area (Å²) in [5, 5.41) is 0. The Bertz CT molecular complexity index is 426. The maximum Gasteiger partial charge on any atom is 0.307 e. The molecule has 0 saturated heterocycles. The fraction of sp³-hybridized carbons (Fsp3) is 0.500. The van der Waals surface area contributed by atoms with E-state index < -0.39 is 6.64 Å². The molecule has 1 aliphatic rings. The summed E-state index contributed by atoms with van der Waals surface area (Å²) in [6, 6.07) is 7.77. The van der Waals surface area contributed by atoms with Crippen molar-refractivity contribution >= 4 is 18.4 Å². The minimum absolute atomic E-state index is 0.515. The SMILES string of the molecule is NP(O)(=S)Oc1ccccc1C1CCCCC1. The van der Waals surface area contributed by atoms with Crippen LogP contribution in [0.4, 0.5) is 0 Å². The molecule has 0 amide bonds. The molecule has 1 aliphatic carbocycles. The highest BCUT2D eigenvalue weighted by Crippen LogP contribution is 2.42. The van der Waals surface area contributed by atoms with Crippen molar-refractivity contribution in [2.75, 3.05) is 0 Å². The summed E-state index contributed by atoms with van der Waals surface area (Å²) in [6.07, 6.45) is 6.19. The molecule has 1 fully saturated rings. The van der Waals surface area contributed by atoms with Crippen LogP contribution in [0.15, 0.2) is 24.3 Å². The highest BCUT2D eigenvalue weighted by Gasteiger charge is 2.20. The smallest absolute Gasteiger partial charge is 0.307 e. The molecule has 0 aliphatic heterocycles. The van der Waals surface area contributed by atoms with Crippen LogP contribution in [-0.4, -0.2) is 4.89 Å². The number of hydrogen-bond acceptors (Lipinski definition) is 2. The molecule has 0 aromatic heterocycles. The summed E-state index contributed by atoms with van der Waals surface area (Å²) >= 11 is 4.75. The third kappa shape index (κ3) is 3.78. The van der Waals surface area contributed by atoms with Crippen LogP contribution in [0.2, 0.25) is 0 Å². The van der Waals surface area contributed by atoms with Gasteiger partial charge in [0.2, 0.25) is 0 Å². The van der Waals surface area contributed by atoms with Gasteiger partial charge in [-0.1, -0.05) is 37.5 Å². The van der Waals surface area contributed by atoms with Crippen molar-refractivity contribution in [3.05, 3.63) is 29.8 Å². The summed E-state index contributed by atoms with van der Waals surface area (Å²) in [7, 11) is 0. The normalized spacial score (nSPS) is 20.8. The fourth-order valence-electron chi connectivity index (χ4n) is 2.46. The maximum atomic E-state index is 9.48. The average molecular weight is 271 g/mol. The lowest BCUT2D eigenvalue weighted by molar-refractivity contribution is 0.427. The molecule has 0 spiro atoms. The number of para-hydroxylation sites is 1. The molecule has 0 heterocycles. The van der Waals surface area contributed by atoms with E-state index in [1.54, 1.807) is 0 Å². The zero-order valence-corrected chi connectivity index (χ0v) is 11.4. The first kappa shape index (κ1) is 13.0. The van der Waals surface area contributed by atoms with Crippen LogP contribution in [-0.2, 0) is 11.8 Å². The molecule has 0 radical (unpaired) electrons. The van der Waals surface area contributed by atoms with Crippen LogP contribution >= 0.6 is 6.64 Å². The van der Waals surface area contributed by atoms with Crippen molar-refractivity contribution in [3.63, 3.8) is 0 Å². The van der Waals surface area contributed by atoms with Crippen molar-refractivity contribution < 1.29 is 9.42 Å². The molecule has 3 N–H and O–H groups in total. The van der Waals surface area contributed by atoms with Gasteiger partial charge in [0.15, 0.2) is 0 Å². The number of nitrogens with two attached hydrogens (primary N) is 1. The molecule has 17 heavy (non-hydrogen) atoms. The quantitative estimate of drug-likeness (QED) is 0.828. The molecule has 5 heteroatoms. The largest absolute Gasteiger partial charge is 0.433 e. The number of rotatable bonds is 3. The molecule has 1 aromatic carbocycles. The lowest BCUT2D eigenvalue weighted by atomic mass is 9.84. The van der Waals surface area contributed by atoms with Gasteiger partial charge < -0.3 is 9.42 Å². The van der Waals surface area contributed by atoms with E-state index in [1.165, 1.54) is 32.1 Å². The van der Waals surface area contributed by atoms with Crippen LogP contribution in [0.5, 0.6) is 5.75 Å². The first-order valence-corrected chi connectivity index (χ1v) is 8.70. The zero-order valence-electron chi connectivity index (χ0n) is 9.71. The second-order valence-electron chi connectivity index (χ2n) is 4.53. The Hall–Kier alpha value is -0.410. The summed E-state index contributed by atoms with van der Waals surface area (Å²) in [6.45, 7) is -3.13. The minimum atomic E-state index is -3.13. The molecule has 3 nitrogen and oxygen atoms in total. The van der Waals surface area contributed by atoms with Gasteiger partial charge in [-0.3, -0.25) is 0 Å². The van der Waals surface area contributed by atoms with Crippen molar-refractivity contribution in [1.82, 2.24) is 0 Å². The number of hydrogen-bond donors (Lipinski definition) is 2. The van der Waals surface area contributed by atoms with Crippen molar-refractivity contribution in [2.24, 2.45) is 5.50 Å². The van der Waals surface area contributed by atoms with E-state index in [0.29, 0.717) is 11.7 Å². The Labute approximate surface area is 107 Å². The highest BCUT2D eigenvalue weighted by atomic mass is 32.5. The Morgan fingerprint density at radius 1 is 1.24 bits per heavy atom. The van der Waals surface area contributed by atoms with Gasteiger partial charge in [0.05, 0.1) is 0 Å². The van der Waals surface area contributed by atoms with Gasteiger partial charge in [0, 0.05) is 0 Å². The lowest BCUT2D eigenvalue weighted by Crippen LogP contribution is -2.08. The van der Waals surface area contributed by atoms with Crippen LogP contribution in [0.25, 0.3) is 0 Å². The van der Waals surface area contributed by atoms with E-state index in [4.69, 9.17) is 21.8 Å². The second kappa shape index (κ2) is 5.49. The molecule has 0 bridgehead atoms. The van der Waals surface area contributed by atoms with Crippen molar-refractivity contribution in [1.29, 1.82) is 0 Å². The standard InChI is InChI=1S/C12H18NO2PS/c13-16(14,17)15-12-9-5-4-8-11(12)10-6-2-1-3-7-10/h4-5,8-10H,1-3,6-7H2,(H3,13,14,17). The van der Waals surface area contributed by atoms with Crippen molar-refractivity contribution in [2.45, 2.75) is 38.0 Å². The van der Waals surface area contributed by atoms with E-state index in [-0.39, 0.29) is 0 Å². The first-order valence-electron chi connectivity index (χ1n) is 5.96. The molecule has 1 saturated carbocycles. The maximum absolute atomic E-state index is 9.48. The van der Waals surface area contributed by atoms with Crippen LogP contribution < -0.4 is 10.0 Å². The third-order valence-corrected chi connectivity index (χ3v) is 3.88. The van der Waals surface area contributed by atoms with Crippen molar-refractivity contribution in [3.8, 4) is 5.75 Å². The highest BCUT2D eigenvalue weighted by molar-refractivity contribution is 8.08. The van der Waals surface area contributed by atoms with Gasteiger partial charge in [-0.15, -0.1) is 0 Å². The van der Waals surface area contributed by atoms with Crippen LogP contribution in [0, 0.1) is 0 Å². The monoisotopic (exact) mass is 271 g/mol. The first-order chi connectivity index (χ1) is 8.06. The second-order valence-corrected chi connectivity index (χ2v) is 7.41. The zero-order chi connectivity index (χ0) is 12.3. The fourth-order valence-corrected chi connectivity index (χ4v) is 3.14. The Kier molecular flexibility index (Phi) is 4.21. The summed E-state index contributed by atoms with van der Waals surface area (Å²) < 4.78 is 5.35. The van der Waals surface area contributed by atoms with Gasteiger partial charge in [0.25, 0.3) is 0 Å². The molecule has 1 unspecified atom stereocenters. The summed E-state index contributed by atoms with van der Waals surface area (Å²) in [5.41, 5.74) is 6.56. The predicted molar refractivity (Wildman–Crippen MR) is 73.6 cm³/mol. The lowest BCUT2D eigenvalue weighted by Gasteiger charge is -2.24. The summed E-state index contributed by atoms with van der Waals surface area (Å²) in [5.74, 6) is 1.18. The molecule has 1 aromatic rings. The minimum Gasteiger partial charge on any atom is -0.433 e. The Balaban J connectivity index is 2.23. The Morgan fingerprint density at radius 2 is 1.88 bits per heavy atom. The molecule has 1 atom stereocenters. The van der Waals surface area contributed by atoms with E-state index in [0.717, 1.165) is 5.56 Å². The van der Waals surface area contributed by atoms with E-state index >= 15 is 0 Å². The molecular weight excluding hydrogens is 253 g/mol. The van der Waals surface area contributed by atoms with Gasteiger partial charge >= 0.3 is 6.64 Å². The van der Waals surface area contributed by atoms with Gasteiger partial charge in [-0.05, 0) is 42.2 Å². The van der Waals surface area contributed by atoms with Gasteiger partial charge in [-0.25, -0.2) is 5.50 Å². The van der Waals surface area contributed by atoms with E-state index in [9.17, 15) is 4.89 Å². The molecule has 2 rings (SSSR count).